The third-order valence-corrected chi connectivity index (χ3v) is 4.95. The lowest BCUT2D eigenvalue weighted by atomic mass is 10.2. The summed E-state index contributed by atoms with van der Waals surface area (Å²) in [4.78, 5) is 5.76. The van der Waals surface area contributed by atoms with E-state index in [1.165, 1.54) is 4.88 Å². The Kier molecular flexibility index (Phi) is 5.22. The number of thiazole rings is 1. The summed E-state index contributed by atoms with van der Waals surface area (Å²) in [6, 6.07) is 5.93. The molecule has 0 aliphatic rings. The van der Waals surface area contributed by atoms with E-state index in [1.54, 1.807) is 11.3 Å². The monoisotopic (exact) mass is 314 g/mol. The van der Waals surface area contributed by atoms with Crippen LogP contribution < -0.4 is 5.32 Å². The summed E-state index contributed by atoms with van der Waals surface area (Å²) >= 11 is 13.7. The Hall–Kier alpha value is -0.610. The van der Waals surface area contributed by atoms with E-state index in [1.807, 2.05) is 24.4 Å². The van der Waals surface area contributed by atoms with Gasteiger partial charge in [0.1, 0.15) is 5.01 Å². The maximum Gasteiger partial charge on any atom is 0.109 e. The van der Waals surface area contributed by atoms with Crippen molar-refractivity contribution in [1.82, 2.24) is 10.3 Å². The van der Waals surface area contributed by atoms with E-state index >= 15 is 0 Å². The van der Waals surface area contributed by atoms with Crippen molar-refractivity contribution in [3.8, 4) is 0 Å². The van der Waals surface area contributed by atoms with E-state index in [4.69, 9.17) is 23.2 Å². The lowest BCUT2D eigenvalue weighted by Gasteiger charge is -2.11. The van der Waals surface area contributed by atoms with Gasteiger partial charge in [0.2, 0.25) is 0 Å². The Morgan fingerprint density at radius 2 is 2.11 bits per heavy atom. The molecule has 2 nitrogen and oxygen atoms in total. The van der Waals surface area contributed by atoms with Crippen molar-refractivity contribution in [2.24, 2.45) is 0 Å². The van der Waals surface area contributed by atoms with Crippen LogP contribution in [0.1, 0.15) is 35.3 Å². The first-order valence-corrected chi connectivity index (χ1v) is 7.79. The number of aromatic nitrogens is 1. The summed E-state index contributed by atoms with van der Waals surface area (Å²) in [5.74, 6) is 0. The molecule has 0 saturated carbocycles. The van der Waals surface area contributed by atoms with Crippen LogP contribution >= 0.6 is 34.5 Å². The number of rotatable bonds is 5. The fraction of sp³-hybridized carbons (Fsp3) is 0.357. The molecule has 0 aliphatic heterocycles. The van der Waals surface area contributed by atoms with Crippen molar-refractivity contribution in [2.45, 2.75) is 32.9 Å². The van der Waals surface area contributed by atoms with Crippen LogP contribution in [0.5, 0.6) is 0 Å². The predicted octanol–water partition coefficient (Wildman–Crippen LogP) is 4.86. The van der Waals surface area contributed by atoms with E-state index < -0.39 is 0 Å². The fourth-order valence-electron chi connectivity index (χ4n) is 1.69. The second-order valence-electron chi connectivity index (χ2n) is 4.37. The van der Waals surface area contributed by atoms with Crippen molar-refractivity contribution in [2.75, 3.05) is 0 Å². The minimum Gasteiger partial charge on any atom is -0.304 e. The lowest BCUT2D eigenvalue weighted by molar-refractivity contribution is 0.572. The molecule has 0 aliphatic carbocycles. The van der Waals surface area contributed by atoms with Crippen molar-refractivity contribution in [1.29, 1.82) is 0 Å². The highest BCUT2D eigenvalue weighted by atomic mass is 35.5. The molecule has 102 valence electrons. The predicted molar refractivity (Wildman–Crippen MR) is 83.2 cm³/mol. The standard InChI is InChI=1S/C14H16Cl2N2S/c1-3-11-8-18-14(19-11)9(2)17-7-10-4-5-12(15)13(16)6-10/h4-6,8-9,17H,3,7H2,1-2H3. The van der Waals surface area contributed by atoms with Gasteiger partial charge in [0.15, 0.2) is 0 Å². The maximum atomic E-state index is 6.00. The molecule has 0 saturated heterocycles. The minimum atomic E-state index is 0.236. The van der Waals surface area contributed by atoms with Gasteiger partial charge in [-0.3, -0.25) is 0 Å². The van der Waals surface area contributed by atoms with Crippen LogP contribution in [0.3, 0.4) is 0 Å². The fourth-order valence-corrected chi connectivity index (χ4v) is 2.90. The zero-order valence-electron chi connectivity index (χ0n) is 10.9. The van der Waals surface area contributed by atoms with Gasteiger partial charge < -0.3 is 5.32 Å². The molecule has 1 heterocycles. The number of hydrogen-bond donors (Lipinski definition) is 1. The third kappa shape index (κ3) is 3.93. The first-order chi connectivity index (χ1) is 9.10. The van der Waals surface area contributed by atoms with E-state index in [-0.39, 0.29) is 6.04 Å². The van der Waals surface area contributed by atoms with Crippen molar-refractivity contribution < 1.29 is 0 Å². The van der Waals surface area contributed by atoms with E-state index in [2.05, 4.69) is 24.1 Å². The van der Waals surface area contributed by atoms with Gasteiger partial charge >= 0.3 is 0 Å². The normalized spacial score (nSPS) is 12.6. The molecule has 1 N–H and O–H groups in total. The van der Waals surface area contributed by atoms with E-state index in [0.29, 0.717) is 10.0 Å². The van der Waals surface area contributed by atoms with Gasteiger partial charge in [0.25, 0.3) is 0 Å². The zero-order chi connectivity index (χ0) is 13.8. The summed E-state index contributed by atoms with van der Waals surface area (Å²) in [5, 5.41) is 5.75. The largest absolute Gasteiger partial charge is 0.304 e. The summed E-state index contributed by atoms with van der Waals surface area (Å²) in [5.41, 5.74) is 1.12. The summed E-state index contributed by atoms with van der Waals surface area (Å²) in [6.45, 7) is 5.01. The maximum absolute atomic E-state index is 6.00. The smallest absolute Gasteiger partial charge is 0.109 e. The molecular formula is C14H16Cl2N2S. The van der Waals surface area contributed by atoms with Gasteiger partial charge in [0.05, 0.1) is 16.1 Å². The third-order valence-electron chi connectivity index (χ3n) is 2.89. The topological polar surface area (TPSA) is 24.9 Å². The number of nitrogens with zero attached hydrogens (tertiary/aromatic N) is 1. The quantitative estimate of drug-likeness (QED) is 0.852. The second kappa shape index (κ2) is 6.71. The molecule has 1 aromatic heterocycles. The molecule has 1 unspecified atom stereocenters. The van der Waals surface area contributed by atoms with Gasteiger partial charge in [-0.15, -0.1) is 11.3 Å². The van der Waals surface area contributed by atoms with Crippen LogP contribution in [-0.4, -0.2) is 4.98 Å². The number of benzene rings is 1. The van der Waals surface area contributed by atoms with Crippen LogP contribution in [0, 0.1) is 0 Å². The number of aryl methyl sites for hydroxylation is 1. The zero-order valence-corrected chi connectivity index (χ0v) is 13.2. The van der Waals surface area contributed by atoms with Crippen molar-refractivity contribution in [3.05, 3.63) is 49.9 Å². The first-order valence-electron chi connectivity index (χ1n) is 6.22. The lowest BCUT2D eigenvalue weighted by Crippen LogP contribution is -2.17. The number of hydrogen-bond acceptors (Lipinski definition) is 3. The Bertz CT molecular complexity index is 554. The van der Waals surface area contributed by atoms with Gasteiger partial charge in [-0.2, -0.15) is 0 Å². The summed E-state index contributed by atoms with van der Waals surface area (Å²) in [7, 11) is 0. The minimum absolute atomic E-state index is 0.236. The highest BCUT2D eigenvalue weighted by Crippen LogP contribution is 2.24. The Morgan fingerprint density at radius 1 is 1.32 bits per heavy atom. The molecule has 2 aromatic rings. The SMILES string of the molecule is CCc1cnc(C(C)NCc2ccc(Cl)c(Cl)c2)s1. The van der Waals surface area contributed by atoms with E-state index in [9.17, 15) is 0 Å². The van der Waals surface area contributed by atoms with Crippen LogP contribution in [-0.2, 0) is 13.0 Å². The van der Waals surface area contributed by atoms with Crippen molar-refractivity contribution >= 4 is 34.5 Å². The molecule has 5 heteroatoms. The Morgan fingerprint density at radius 3 is 2.74 bits per heavy atom. The molecule has 0 bridgehead atoms. The molecule has 0 radical (unpaired) electrons. The Labute approximate surface area is 127 Å². The van der Waals surface area contributed by atoms with Gasteiger partial charge in [-0.1, -0.05) is 36.2 Å². The average Bonchev–Trinajstić information content (AvgIpc) is 2.88. The number of nitrogens with one attached hydrogen (secondary N) is 1. The molecule has 0 spiro atoms. The molecule has 1 aromatic carbocycles. The number of halogens is 2. The molecule has 0 amide bonds. The highest BCUT2D eigenvalue weighted by molar-refractivity contribution is 7.11. The highest BCUT2D eigenvalue weighted by Gasteiger charge is 2.09. The second-order valence-corrected chi connectivity index (χ2v) is 6.33. The molecule has 2 rings (SSSR count). The molecule has 0 fully saturated rings. The van der Waals surface area contributed by atoms with Crippen LogP contribution in [0.4, 0.5) is 0 Å². The molecule has 1 atom stereocenters. The Balaban J connectivity index is 1.95. The summed E-state index contributed by atoms with van der Waals surface area (Å²) < 4.78 is 0. The molecule has 19 heavy (non-hydrogen) atoms. The van der Waals surface area contributed by atoms with Gasteiger partial charge in [0, 0.05) is 17.6 Å². The van der Waals surface area contributed by atoms with Gasteiger partial charge in [-0.25, -0.2) is 4.98 Å². The van der Waals surface area contributed by atoms with Gasteiger partial charge in [-0.05, 0) is 31.0 Å². The first kappa shape index (κ1) is 14.8. The van der Waals surface area contributed by atoms with Crippen LogP contribution in [0.15, 0.2) is 24.4 Å². The van der Waals surface area contributed by atoms with Crippen LogP contribution in [0.2, 0.25) is 10.0 Å². The van der Waals surface area contributed by atoms with Crippen molar-refractivity contribution in [3.63, 3.8) is 0 Å². The molecular weight excluding hydrogens is 299 g/mol. The van der Waals surface area contributed by atoms with Crippen LogP contribution in [0.25, 0.3) is 0 Å². The van der Waals surface area contributed by atoms with E-state index in [0.717, 1.165) is 23.5 Å². The summed E-state index contributed by atoms with van der Waals surface area (Å²) in [6.07, 6.45) is 2.99. The average molecular weight is 315 g/mol.